The molecule has 0 radical (unpaired) electrons. The smallest absolute Gasteiger partial charge is 0.275 e. The first-order valence-corrected chi connectivity index (χ1v) is 4.61. The summed E-state index contributed by atoms with van der Waals surface area (Å²) in [4.78, 5) is 13.0. The molecule has 0 saturated carbocycles. The van der Waals surface area contributed by atoms with Crippen LogP contribution in [0, 0.1) is 0 Å². The predicted molar refractivity (Wildman–Crippen MR) is 46.4 cm³/mol. The molecule has 1 aliphatic rings. The predicted octanol–water partition coefficient (Wildman–Crippen LogP) is -0.255. The maximum atomic E-state index is 11.5. The number of amides is 1. The van der Waals surface area contributed by atoms with E-state index in [2.05, 4.69) is 8.75 Å². The molecule has 1 aromatic heterocycles. The molecule has 13 heavy (non-hydrogen) atoms. The second-order valence-corrected chi connectivity index (χ2v) is 4.01. The minimum atomic E-state index is -0.723. The molecular formula is C7H9N3O2S. The summed E-state index contributed by atoms with van der Waals surface area (Å²) < 4.78 is 7.57. The van der Waals surface area contributed by atoms with Crippen LogP contribution in [-0.4, -0.2) is 43.4 Å². The molecule has 5 nitrogen and oxygen atoms in total. The molecule has 0 spiro atoms. The lowest BCUT2D eigenvalue weighted by Crippen LogP contribution is -2.61. The van der Waals surface area contributed by atoms with Crippen LogP contribution in [0.3, 0.4) is 0 Å². The van der Waals surface area contributed by atoms with Gasteiger partial charge in [0.15, 0.2) is 5.69 Å². The Bertz CT molecular complexity index is 314. The second kappa shape index (κ2) is 2.74. The molecule has 0 aromatic carbocycles. The summed E-state index contributed by atoms with van der Waals surface area (Å²) in [6.45, 7) is 2.46. The highest BCUT2D eigenvalue weighted by Gasteiger charge is 2.40. The summed E-state index contributed by atoms with van der Waals surface area (Å²) in [5.41, 5.74) is -0.362. The Morgan fingerprint density at radius 2 is 2.46 bits per heavy atom. The number of nitrogens with zero attached hydrogens (tertiary/aromatic N) is 3. The van der Waals surface area contributed by atoms with Crippen molar-refractivity contribution >= 4 is 17.6 Å². The third-order valence-electron chi connectivity index (χ3n) is 1.93. The maximum Gasteiger partial charge on any atom is 0.275 e. The minimum absolute atomic E-state index is 0.153. The zero-order chi connectivity index (χ0) is 9.47. The molecule has 2 heterocycles. The van der Waals surface area contributed by atoms with E-state index >= 15 is 0 Å². The SMILES string of the molecule is CC1(O)CN(C(=O)c2cnsn2)C1. The monoisotopic (exact) mass is 199 g/mol. The van der Waals surface area contributed by atoms with Crippen LogP contribution in [0.15, 0.2) is 6.20 Å². The lowest BCUT2D eigenvalue weighted by Gasteiger charge is -2.43. The Kier molecular flexibility index (Phi) is 1.81. The van der Waals surface area contributed by atoms with Crippen LogP contribution in [0.1, 0.15) is 17.4 Å². The third-order valence-corrected chi connectivity index (χ3v) is 2.41. The minimum Gasteiger partial charge on any atom is -0.386 e. The van der Waals surface area contributed by atoms with Crippen LogP contribution < -0.4 is 0 Å². The average Bonchev–Trinajstić information content (AvgIpc) is 2.50. The van der Waals surface area contributed by atoms with Crippen molar-refractivity contribution in [1.82, 2.24) is 13.6 Å². The molecular weight excluding hydrogens is 190 g/mol. The van der Waals surface area contributed by atoms with Crippen LogP contribution in [0.5, 0.6) is 0 Å². The zero-order valence-electron chi connectivity index (χ0n) is 7.10. The van der Waals surface area contributed by atoms with E-state index in [-0.39, 0.29) is 5.91 Å². The van der Waals surface area contributed by atoms with Crippen LogP contribution in [0.4, 0.5) is 0 Å². The van der Waals surface area contributed by atoms with E-state index in [1.807, 2.05) is 0 Å². The van der Waals surface area contributed by atoms with Gasteiger partial charge >= 0.3 is 0 Å². The molecule has 0 bridgehead atoms. The number of hydrogen-bond acceptors (Lipinski definition) is 5. The van der Waals surface area contributed by atoms with E-state index < -0.39 is 5.60 Å². The summed E-state index contributed by atoms with van der Waals surface area (Å²) in [6.07, 6.45) is 1.44. The van der Waals surface area contributed by atoms with Gasteiger partial charge in [0.2, 0.25) is 0 Å². The van der Waals surface area contributed by atoms with Gasteiger partial charge in [-0.05, 0) is 6.92 Å². The fraction of sp³-hybridized carbons (Fsp3) is 0.571. The van der Waals surface area contributed by atoms with Gasteiger partial charge < -0.3 is 10.0 Å². The van der Waals surface area contributed by atoms with Crippen LogP contribution in [-0.2, 0) is 0 Å². The quantitative estimate of drug-likeness (QED) is 0.677. The second-order valence-electron chi connectivity index (χ2n) is 3.45. The largest absolute Gasteiger partial charge is 0.386 e. The number of β-amino-alcohol motifs (C(OH)–C–C–N with tert-alkyl or cyclic N) is 1. The van der Waals surface area contributed by atoms with Crippen LogP contribution in [0.25, 0.3) is 0 Å². The van der Waals surface area contributed by atoms with E-state index in [9.17, 15) is 9.90 Å². The summed E-state index contributed by atoms with van der Waals surface area (Å²) in [6, 6.07) is 0. The molecule has 1 amide bonds. The first-order valence-electron chi connectivity index (χ1n) is 3.88. The zero-order valence-corrected chi connectivity index (χ0v) is 7.91. The normalized spacial score (nSPS) is 19.7. The molecule has 6 heteroatoms. The number of rotatable bonds is 1. The van der Waals surface area contributed by atoms with Gasteiger partial charge in [0.1, 0.15) is 0 Å². The van der Waals surface area contributed by atoms with Gasteiger partial charge in [-0.15, -0.1) is 0 Å². The van der Waals surface area contributed by atoms with Crippen molar-refractivity contribution in [3.63, 3.8) is 0 Å². The highest BCUT2D eigenvalue weighted by atomic mass is 32.1. The van der Waals surface area contributed by atoms with E-state index in [4.69, 9.17) is 0 Å². The van der Waals surface area contributed by atoms with Crippen LogP contribution in [0.2, 0.25) is 0 Å². The van der Waals surface area contributed by atoms with Gasteiger partial charge in [-0.25, -0.2) is 0 Å². The Hall–Kier alpha value is -1.01. The fourth-order valence-electron chi connectivity index (χ4n) is 1.34. The van der Waals surface area contributed by atoms with Crippen molar-refractivity contribution in [1.29, 1.82) is 0 Å². The summed E-state index contributed by atoms with van der Waals surface area (Å²) >= 11 is 1.01. The Morgan fingerprint density at radius 3 is 2.92 bits per heavy atom. The number of aliphatic hydroxyl groups is 1. The van der Waals surface area contributed by atoms with E-state index in [1.54, 1.807) is 11.8 Å². The highest BCUT2D eigenvalue weighted by molar-refractivity contribution is 6.99. The number of likely N-dealkylation sites (tertiary alicyclic amines) is 1. The lowest BCUT2D eigenvalue weighted by atomic mass is 9.97. The van der Waals surface area contributed by atoms with Gasteiger partial charge in [-0.2, -0.15) is 8.75 Å². The van der Waals surface area contributed by atoms with E-state index in [1.165, 1.54) is 6.20 Å². The van der Waals surface area contributed by atoms with E-state index in [0.29, 0.717) is 18.8 Å². The molecule has 1 saturated heterocycles. The van der Waals surface area contributed by atoms with Crippen molar-refractivity contribution in [3.05, 3.63) is 11.9 Å². The van der Waals surface area contributed by atoms with Gasteiger partial charge in [0.05, 0.1) is 36.6 Å². The summed E-state index contributed by atoms with van der Waals surface area (Å²) in [5, 5.41) is 9.40. The Balaban J connectivity index is 2.02. The van der Waals surface area contributed by atoms with Gasteiger partial charge in [0, 0.05) is 0 Å². The van der Waals surface area contributed by atoms with Crippen molar-refractivity contribution < 1.29 is 9.90 Å². The Morgan fingerprint density at radius 1 is 1.77 bits per heavy atom. The topological polar surface area (TPSA) is 66.3 Å². The molecule has 0 atom stereocenters. The number of hydrogen-bond donors (Lipinski definition) is 1. The molecule has 1 aliphatic heterocycles. The molecule has 1 aromatic rings. The standard InChI is InChI=1S/C7H9N3O2S/c1-7(12)3-10(4-7)6(11)5-2-8-13-9-5/h2,12H,3-4H2,1H3. The van der Waals surface area contributed by atoms with Gasteiger partial charge in [-0.1, -0.05) is 0 Å². The Labute approximate surface area is 79.3 Å². The molecule has 1 fully saturated rings. The van der Waals surface area contributed by atoms with Gasteiger partial charge in [-0.3, -0.25) is 4.79 Å². The first-order chi connectivity index (χ1) is 6.08. The van der Waals surface area contributed by atoms with Crippen molar-refractivity contribution in [2.75, 3.05) is 13.1 Å². The van der Waals surface area contributed by atoms with Crippen molar-refractivity contribution in [2.24, 2.45) is 0 Å². The number of aromatic nitrogens is 2. The van der Waals surface area contributed by atoms with Crippen molar-refractivity contribution in [3.8, 4) is 0 Å². The fourth-order valence-corrected chi connectivity index (χ4v) is 1.75. The summed E-state index contributed by atoms with van der Waals surface area (Å²) in [5.74, 6) is -0.153. The molecule has 0 aliphatic carbocycles. The number of carbonyl (C=O) groups excluding carboxylic acids is 1. The average molecular weight is 199 g/mol. The maximum absolute atomic E-state index is 11.5. The molecule has 0 unspecified atom stereocenters. The molecule has 1 N–H and O–H groups in total. The highest BCUT2D eigenvalue weighted by Crippen LogP contribution is 2.21. The van der Waals surface area contributed by atoms with E-state index in [0.717, 1.165) is 11.7 Å². The van der Waals surface area contributed by atoms with Crippen LogP contribution >= 0.6 is 11.7 Å². The number of carbonyl (C=O) groups is 1. The first kappa shape index (κ1) is 8.58. The van der Waals surface area contributed by atoms with Crippen molar-refractivity contribution in [2.45, 2.75) is 12.5 Å². The third kappa shape index (κ3) is 1.54. The molecule has 70 valence electrons. The summed E-state index contributed by atoms with van der Waals surface area (Å²) in [7, 11) is 0. The van der Waals surface area contributed by atoms with Gasteiger partial charge in [0.25, 0.3) is 5.91 Å². The lowest BCUT2D eigenvalue weighted by molar-refractivity contribution is -0.0670. The molecule has 2 rings (SSSR count).